The highest BCUT2D eigenvalue weighted by molar-refractivity contribution is 5.56. The summed E-state index contributed by atoms with van der Waals surface area (Å²) in [5, 5.41) is 3.31. The van der Waals surface area contributed by atoms with E-state index in [1.165, 1.54) is 25.3 Å². The van der Waals surface area contributed by atoms with Crippen molar-refractivity contribution in [1.29, 1.82) is 0 Å². The van der Waals surface area contributed by atoms with E-state index in [4.69, 9.17) is 5.73 Å². The normalized spacial score (nSPS) is 15.8. The Hall–Kier alpha value is -2.44. The molecule has 2 aromatic rings. The van der Waals surface area contributed by atoms with Gasteiger partial charge in [0.15, 0.2) is 0 Å². The van der Waals surface area contributed by atoms with Gasteiger partial charge in [-0.1, -0.05) is 19.3 Å². The van der Waals surface area contributed by atoms with Crippen molar-refractivity contribution in [2.75, 3.05) is 11.1 Å². The van der Waals surface area contributed by atoms with Crippen LogP contribution >= 0.6 is 0 Å². The maximum Gasteiger partial charge on any atom is 0.252 e. The lowest BCUT2D eigenvalue weighted by atomic mass is 9.96. The van der Waals surface area contributed by atoms with Gasteiger partial charge >= 0.3 is 0 Å². The van der Waals surface area contributed by atoms with E-state index in [1.807, 2.05) is 0 Å². The number of H-pyrrole nitrogens is 1. The van der Waals surface area contributed by atoms with Crippen LogP contribution in [-0.4, -0.2) is 26.0 Å². The molecule has 21 heavy (non-hydrogen) atoms. The maximum absolute atomic E-state index is 11.8. The maximum atomic E-state index is 11.8. The molecule has 0 atom stereocenters. The van der Waals surface area contributed by atoms with Crippen LogP contribution < -0.4 is 16.6 Å². The number of anilines is 2. The Bertz CT molecular complexity index is 677. The van der Waals surface area contributed by atoms with Gasteiger partial charge in [-0.2, -0.15) is 0 Å². The molecule has 4 N–H and O–H groups in total. The Morgan fingerprint density at radius 2 is 2.00 bits per heavy atom. The number of nitrogens with zero attached hydrogens (tertiary/aromatic N) is 3. The number of hydrogen-bond donors (Lipinski definition) is 3. The fourth-order valence-electron chi connectivity index (χ4n) is 2.61. The van der Waals surface area contributed by atoms with E-state index < -0.39 is 0 Å². The third kappa shape index (κ3) is 3.36. The standard InChI is InChI=1S/C14H18N6O/c15-13-16-7-6-10(18-13)11-8-12(21)20-14(19-11)17-9-4-2-1-3-5-9/h6-9H,1-5H2,(H2,15,16,18)(H2,17,19,20,21). The van der Waals surface area contributed by atoms with Crippen molar-refractivity contribution >= 4 is 11.9 Å². The summed E-state index contributed by atoms with van der Waals surface area (Å²) in [5.74, 6) is 0.651. The summed E-state index contributed by atoms with van der Waals surface area (Å²) in [6.07, 6.45) is 7.47. The minimum atomic E-state index is -0.213. The van der Waals surface area contributed by atoms with Gasteiger partial charge in [-0.3, -0.25) is 9.78 Å². The predicted octanol–water partition coefficient (Wildman–Crippen LogP) is 1.55. The fourth-order valence-corrected chi connectivity index (χ4v) is 2.61. The molecule has 0 amide bonds. The van der Waals surface area contributed by atoms with Crippen LogP contribution in [0, 0.1) is 0 Å². The highest BCUT2D eigenvalue weighted by atomic mass is 16.1. The van der Waals surface area contributed by atoms with Crippen LogP contribution in [0.2, 0.25) is 0 Å². The van der Waals surface area contributed by atoms with Crippen LogP contribution in [0.5, 0.6) is 0 Å². The lowest BCUT2D eigenvalue weighted by molar-refractivity contribution is 0.461. The van der Waals surface area contributed by atoms with Gasteiger partial charge in [0, 0.05) is 18.3 Å². The molecule has 2 heterocycles. The Morgan fingerprint density at radius 1 is 1.19 bits per heavy atom. The first kappa shape index (κ1) is 13.5. The number of nitrogen functional groups attached to an aromatic ring is 1. The van der Waals surface area contributed by atoms with Gasteiger partial charge in [-0.15, -0.1) is 0 Å². The molecule has 2 aromatic heterocycles. The second-order valence-electron chi connectivity index (χ2n) is 5.26. The van der Waals surface area contributed by atoms with E-state index in [0.29, 0.717) is 23.4 Å². The zero-order chi connectivity index (χ0) is 14.7. The molecule has 7 nitrogen and oxygen atoms in total. The topological polar surface area (TPSA) is 110 Å². The van der Waals surface area contributed by atoms with Crippen molar-refractivity contribution in [2.24, 2.45) is 0 Å². The Balaban J connectivity index is 1.87. The second-order valence-corrected chi connectivity index (χ2v) is 5.26. The molecule has 1 aliphatic rings. The third-order valence-electron chi connectivity index (χ3n) is 3.62. The first-order chi connectivity index (χ1) is 10.2. The van der Waals surface area contributed by atoms with E-state index in [1.54, 1.807) is 12.3 Å². The lowest BCUT2D eigenvalue weighted by Crippen LogP contribution is -2.25. The molecule has 0 bridgehead atoms. The van der Waals surface area contributed by atoms with Gasteiger partial charge in [0.05, 0.1) is 11.4 Å². The molecule has 7 heteroatoms. The van der Waals surface area contributed by atoms with Crippen molar-refractivity contribution in [1.82, 2.24) is 19.9 Å². The summed E-state index contributed by atoms with van der Waals surface area (Å²) in [6.45, 7) is 0. The molecule has 0 spiro atoms. The van der Waals surface area contributed by atoms with Crippen molar-refractivity contribution in [3.8, 4) is 11.4 Å². The number of nitrogens with two attached hydrogens (primary N) is 1. The lowest BCUT2D eigenvalue weighted by Gasteiger charge is -2.23. The average molecular weight is 286 g/mol. The second kappa shape index (κ2) is 5.90. The molecule has 0 radical (unpaired) electrons. The van der Waals surface area contributed by atoms with Crippen LogP contribution in [0.25, 0.3) is 11.4 Å². The van der Waals surface area contributed by atoms with Crippen LogP contribution in [0.1, 0.15) is 32.1 Å². The molecule has 1 fully saturated rings. The van der Waals surface area contributed by atoms with Gasteiger partial charge in [-0.25, -0.2) is 15.0 Å². The molecule has 110 valence electrons. The largest absolute Gasteiger partial charge is 0.368 e. The van der Waals surface area contributed by atoms with E-state index in [2.05, 4.69) is 25.3 Å². The van der Waals surface area contributed by atoms with E-state index in [-0.39, 0.29) is 11.5 Å². The smallest absolute Gasteiger partial charge is 0.252 e. The fraction of sp³-hybridized carbons (Fsp3) is 0.429. The molecular weight excluding hydrogens is 268 g/mol. The van der Waals surface area contributed by atoms with Crippen molar-refractivity contribution in [3.05, 3.63) is 28.7 Å². The van der Waals surface area contributed by atoms with Gasteiger partial charge in [0.1, 0.15) is 0 Å². The van der Waals surface area contributed by atoms with Crippen LogP contribution in [0.3, 0.4) is 0 Å². The molecule has 0 saturated heterocycles. The van der Waals surface area contributed by atoms with Gasteiger partial charge in [-0.05, 0) is 18.9 Å². The highest BCUT2D eigenvalue weighted by Crippen LogP contribution is 2.20. The minimum absolute atomic E-state index is 0.163. The van der Waals surface area contributed by atoms with Crippen LogP contribution in [0.4, 0.5) is 11.9 Å². The Kier molecular flexibility index (Phi) is 3.81. The van der Waals surface area contributed by atoms with E-state index in [0.717, 1.165) is 12.8 Å². The first-order valence-corrected chi connectivity index (χ1v) is 7.17. The van der Waals surface area contributed by atoms with E-state index in [9.17, 15) is 4.79 Å². The molecule has 0 aromatic carbocycles. The minimum Gasteiger partial charge on any atom is -0.368 e. The summed E-state index contributed by atoms with van der Waals surface area (Å²) >= 11 is 0. The van der Waals surface area contributed by atoms with Crippen LogP contribution in [0.15, 0.2) is 23.1 Å². The van der Waals surface area contributed by atoms with Gasteiger partial charge in [0.25, 0.3) is 5.56 Å². The summed E-state index contributed by atoms with van der Waals surface area (Å²) in [4.78, 5) is 26.9. The summed E-state index contributed by atoms with van der Waals surface area (Å²) in [7, 11) is 0. The monoisotopic (exact) mass is 286 g/mol. The summed E-state index contributed by atoms with van der Waals surface area (Å²) in [5.41, 5.74) is 6.39. The number of rotatable bonds is 3. The predicted molar refractivity (Wildman–Crippen MR) is 80.8 cm³/mol. The molecular formula is C14H18N6O. The van der Waals surface area contributed by atoms with Gasteiger partial charge < -0.3 is 11.1 Å². The van der Waals surface area contributed by atoms with E-state index >= 15 is 0 Å². The summed E-state index contributed by atoms with van der Waals surface area (Å²) < 4.78 is 0. The van der Waals surface area contributed by atoms with Crippen molar-refractivity contribution in [2.45, 2.75) is 38.1 Å². The quantitative estimate of drug-likeness (QED) is 0.789. The molecule has 1 aliphatic carbocycles. The average Bonchev–Trinajstić information content (AvgIpc) is 2.48. The number of aromatic amines is 1. The summed E-state index contributed by atoms with van der Waals surface area (Å²) in [6, 6.07) is 3.46. The highest BCUT2D eigenvalue weighted by Gasteiger charge is 2.14. The van der Waals surface area contributed by atoms with Crippen molar-refractivity contribution < 1.29 is 0 Å². The Morgan fingerprint density at radius 3 is 2.76 bits per heavy atom. The zero-order valence-electron chi connectivity index (χ0n) is 11.7. The number of nitrogens with one attached hydrogen (secondary N) is 2. The number of aromatic nitrogens is 4. The van der Waals surface area contributed by atoms with Crippen molar-refractivity contribution in [3.63, 3.8) is 0 Å². The molecule has 1 saturated carbocycles. The Labute approximate surface area is 122 Å². The third-order valence-corrected chi connectivity index (χ3v) is 3.62. The molecule has 0 aliphatic heterocycles. The first-order valence-electron chi connectivity index (χ1n) is 7.17. The number of hydrogen-bond acceptors (Lipinski definition) is 6. The molecule has 3 rings (SSSR count). The SMILES string of the molecule is Nc1nccc(-c2cc(=O)[nH]c(NC3CCCCC3)n2)n1. The van der Waals surface area contributed by atoms with Gasteiger partial charge in [0.2, 0.25) is 11.9 Å². The zero-order valence-corrected chi connectivity index (χ0v) is 11.7. The van der Waals surface area contributed by atoms with Crippen LogP contribution in [-0.2, 0) is 0 Å². The molecule has 0 unspecified atom stereocenters.